The third kappa shape index (κ3) is 5.66. The predicted octanol–water partition coefficient (Wildman–Crippen LogP) is 6.36. The maximum absolute atomic E-state index is 12.6. The standard InChI is InChI=1S/C31H23ClN2O5/c1-36-23-11-7-20(8-12-23)31(35)38-25-13-14-26-28(16-25)39-30(34)27(17-33)29(26)21-3-2-4-24(15-21)37-18-19-5-9-22(32)10-6-19/h2-16,29H,18,34H2,1H3. The van der Waals surface area contributed by atoms with Crippen LogP contribution in [0.5, 0.6) is 23.0 Å². The molecule has 0 spiro atoms. The van der Waals surface area contributed by atoms with Crippen molar-refractivity contribution < 1.29 is 23.7 Å². The molecule has 194 valence electrons. The van der Waals surface area contributed by atoms with E-state index < -0.39 is 11.9 Å². The highest BCUT2D eigenvalue weighted by Gasteiger charge is 2.31. The lowest BCUT2D eigenvalue weighted by Gasteiger charge is -2.27. The summed E-state index contributed by atoms with van der Waals surface area (Å²) >= 11 is 5.97. The van der Waals surface area contributed by atoms with Gasteiger partial charge in [0.1, 0.15) is 41.2 Å². The van der Waals surface area contributed by atoms with Crippen LogP contribution in [0, 0.1) is 11.3 Å². The number of esters is 1. The fourth-order valence-electron chi connectivity index (χ4n) is 4.27. The molecule has 1 heterocycles. The molecule has 0 fully saturated rings. The van der Waals surface area contributed by atoms with E-state index in [1.165, 1.54) is 0 Å². The fourth-order valence-corrected chi connectivity index (χ4v) is 4.39. The number of carbonyl (C=O) groups is 1. The van der Waals surface area contributed by atoms with Gasteiger partial charge in [-0.1, -0.05) is 41.9 Å². The summed E-state index contributed by atoms with van der Waals surface area (Å²) < 4.78 is 22.5. The summed E-state index contributed by atoms with van der Waals surface area (Å²) in [7, 11) is 1.55. The van der Waals surface area contributed by atoms with E-state index in [0.29, 0.717) is 40.0 Å². The lowest BCUT2D eigenvalue weighted by molar-refractivity contribution is 0.0734. The van der Waals surface area contributed by atoms with Gasteiger partial charge in [0.05, 0.1) is 18.6 Å². The van der Waals surface area contributed by atoms with Crippen LogP contribution in [0.25, 0.3) is 0 Å². The molecule has 0 aliphatic carbocycles. The molecule has 2 N–H and O–H groups in total. The first-order chi connectivity index (χ1) is 18.9. The molecule has 0 bridgehead atoms. The lowest BCUT2D eigenvalue weighted by atomic mass is 9.83. The van der Waals surface area contributed by atoms with Crippen molar-refractivity contribution in [2.45, 2.75) is 12.5 Å². The van der Waals surface area contributed by atoms with Gasteiger partial charge in [0.25, 0.3) is 0 Å². The summed E-state index contributed by atoms with van der Waals surface area (Å²) in [6, 6.07) is 28.7. The predicted molar refractivity (Wildman–Crippen MR) is 146 cm³/mol. The van der Waals surface area contributed by atoms with Gasteiger partial charge in [-0.3, -0.25) is 0 Å². The van der Waals surface area contributed by atoms with Gasteiger partial charge in [0, 0.05) is 16.7 Å². The van der Waals surface area contributed by atoms with Crippen LogP contribution in [0.15, 0.2) is 102 Å². The average Bonchev–Trinajstić information content (AvgIpc) is 2.96. The number of rotatable bonds is 7. The Morgan fingerprint density at radius 3 is 2.44 bits per heavy atom. The minimum Gasteiger partial charge on any atom is -0.497 e. The van der Waals surface area contributed by atoms with Gasteiger partial charge in [-0.25, -0.2) is 4.79 Å². The molecular formula is C31H23ClN2O5. The zero-order chi connectivity index (χ0) is 27.4. The Morgan fingerprint density at radius 1 is 0.974 bits per heavy atom. The molecule has 0 saturated carbocycles. The highest BCUT2D eigenvalue weighted by Crippen LogP contribution is 2.44. The Labute approximate surface area is 230 Å². The van der Waals surface area contributed by atoms with Crippen LogP contribution in [-0.2, 0) is 6.61 Å². The van der Waals surface area contributed by atoms with Gasteiger partial charge >= 0.3 is 5.97 Å². The first-order valence-corrected chi connectivity index (χ1v) is 12.4. The molecule has 39 heavy (non-hydrogen) atoms. The van der Waals surface area contributed by atoms with E-state index in [-0.39, 0.29) is 17.2 Å². The first-order valence-electron chi connectivity index (χ1n) is 12.0. The molecule has 4 aromatic rings. The van der Waals surface area contributed by atoms with Crippen LogP contribution < -0.4 is 24.7 Å². The first kappa shape index (κ1) is 25.7. The van der Waals surface area contributed by atoms with E-state index in [2.05, 4.69) is 6.07 Å². The van der Waals surface area contributed by atoms with Crippen molar-refractivity contribution in [1.29, 1.82) is 5.26 Å². The van der Waals surface area contributed by atoms with Crippen LogP contribution in [0.1, 0.15) is 33.0 Å². The van der Waals surface area contributed by atoms with Crippen LogP contribution in [0.3, 0.4) is 0 Å². The van der Waals surface area contributed by atoms with Crippen molar-refractivity contribution in [2.24, 2.45) is 5.73 Å². The molecule has 0 amide bonds. The quantitative estimate of drug-likeness (QED) is 0.215. The molecule has 0 saturated heterocycles. The summed E-state index contributed by atoms with van der Waals surface area (Å²) in [6.07, 6.45) is 0. The molecule has 4 aromatic carbocycles. The number of carbonyl (C=O) groups excluding carboxylic acids is 1. The van der Waals surface area contributed by atoms with Gasteiger partial charge < -0.3 is 24.7 Å². The molecule has 0 aromatic heterocycles. The van der Waals surface area contributed by atoms with Crippen molar-refractivity contribution in [2.75, 3.05) is 7.11 Å². The highest BCUT2D eigenvalue weighted by atomic mass is 35.5. The maximum atomic E-state index is 12.6. The van der Waals surface area contributed by atoms with E-state index in [9.17, 15) is 10.1 Å². The van der Waals surface area contributed by atoms with Gasteiger partial charge in [0.2, 0.25) is 5.88 Å². The second kappa shape index (κ2) is 11.2. The highest BCUT2D eigenvalue weighted by molar-refractivity contribution is 6.30. The molecule has 1 unspecified atom stereocenters. The van der Waals surface area contributed by atoms with Crippen LogP contribution >= 0.6 is 11.6 Å². The Morgan fingerprint density at radius 2 is 1.72 bits per heavy atom. The molecule has 5 rings (SSSR count). The Bertz CT molecular complexity index is 1590. The minimum absolute atomic E-state index is 0.0129. The SMILES string of the molecule is COc1ccc(C(=O)Oc2ccc3c(c2)OC(N)=C(C#N)C3c2cccc(OCc3ccc(Cl)cc3)c2)cc1. The molecule has 8 heteroatoms. The second-order valence-electron chi connectivity index (χ2n) is 8.73. The third-order valence-corrected chi connectivity index (χ3v) is 6.49. The Kier molecular flexibility index (Phi) is 7.39. The number of methoxy groups -OCH3 is 1. The number of benzene rings is 4. The molecule has 1 aliphatic heterocycles. The zero-order valence-corrected chi connectivity index (χ0v) is 21.6. The average molecular weight is 539 g/mol. The van der Waals surface area contributed by atoms with E-state index >= 15 is 0 Å². The molecule has 1 aliphatic rings. The van der Waals surface area contributed by atoms with E-state index in [1.807, 2.05) is 48.5 Å². The van der Waals surface area contributed by atoms with Crippen molar-refractivity contribution in [1.82, 2.24) is 0 Å². The number of fused-ring (bicyclic) bond motifs is 1. The van der Waals surface area contributed by atoms with Gasteiger partial charge in [-0.2, -0.15) is 5.26 Å². The summed E-state index contributed by atoms with van der Waals surface area (Å²) in [4.78, 5) is 12.6. The van der Waals surface area contributed by atoms with E-state index in [4.69, 9.17) is 36.3 Å². The summed E-state index contributed by atoms with van der Waals surface area (Å²) in [5.41, 5.74) is 9.29. The Balaban J connectivity index is 1.40. The monoisotopic (exact) mass is 538 g/mol. The molecule has 0 radical (unpaired) electrons. The number of nitrogens with two attached hydrogens (primary N) is 1. The largest absolute Gasteiger partial charge is 0.497 e. The number of ether oxygens (including phenoxy) is 4. The maximum Gasteiger partial charge on any atom is 0.343 e. The lowest BCUT2D eigenvalue weighted by Crippen LogP contribution is -2.21. The number of hydrogen-bond donors (Lipinski definition) is 1. The molecular weight excluding hydrogens is 516 g/mol. The number of nitrogens with zero attached hydrogens (tertiary/aromatic N) is 1. The van der Waals surface area contributed by atoms with Gasteiger partial charge in [-0.15, -0.1) is 0 Å². The minimum atomic E-state index is -0.531. The van der Waals surface area contributed by atoms with Gasteiger partial charge in [0.15, 0.2) is 0 Å². The van der Waals surface area contributed by atoms with Crippen LogP contribution in [-0.4, -0.2) is 13.1 Å². The molecule has 1 atom stereocenters. The van der Waals surface area contributed by atoms with E-state index in [1.54, 1.807) is 49.6 Å². The number of nitriles is 1. The summed E-state index contributed by atoms with van der Waals surface area (Å²) in [6.45, 7) is 0.358. The number of halogens is 1. The van der Waals surface area contributed by atoms with Crippen molar-refractivity contribution in [3.8, 4) is 29.1 Å². The number of hydrogen-bond acceptors (Lipinski definition) is 7. The molecule has 7 nitrogen and oxygen atoms in total. The number of allylic oxidation sites excluding steroid dienone is 1. The second-order valence-corrected chi connectivity index (χ2v) is 9.17. The van der Waals surface area contributed by atoms with E-state index in [0.717, 1.165) is 11.1 Å². The zero-order valence-electron chi connectivity index (χ0n) is 20.9. The fraction of sp³-hybridized carbons (Fsp3) is 0.0968. The normalized spacial score (nSPS) is 14.0. The van der Waals surface area contributed by atoms with Crippen molar-refractivity contribution in [3.05, 3.63) is 130 Å². The Hall–Kier alpha value is -4.93. The van der Waals surface area contributed by atoms with Gasteiger partial charge in [-0.05, 0) is 65.7 Å². The smallest absolute Gasteiger partial charge is 0.343 e. The third-order valence-electron chi connectivity index (χ3n) is 6.24. The summed E-state index contributed by atoms with van der Waals surface area (Å²) in [5.74, 6) is 0.902. The van der Waals surface area contributed by atoms with Crippen LogP contribution in [0.2, 0.25) is 5.02 Å². The van der Waals surface area contributed by atoms with Crippen molar-refractivity contribution >= 4 is 17.6 Å². The van der Waals surface area contributed by atoms with Crippen LogP contribution in [0.4, 0.5) is 0 Å². The summed E-state index contributed by atoms with van der Waals surface area (Å²) in [5, 5.41) is 10.6. The topological polar surface area (TPSA) is 104 Å². The van der Waals surface area contributed by atoms with Crippen molar-refractivity contribution in [3.63, 3.8) is 0 Å².